The lowest BCUT2D eigenvalue weighted by Gasteiger charge is -2.17. The van der Waals surface area contributed by atoms with Crippen molar-refractivity contribution >= 4 is 23.5 Å². The van der Waals surface area contributed by atoms with Gasteiger partial charge in [-0.1, -0.05) is 30.4 Å². The van der Waals surface area contributed by atoms with Crippen molar-refractivity contribution in [3.8, 4) is 5.75 Å². The van der Waals surface area contributed by atoms with Crippen molar-refractivity contribution in [2.24, 2.45) is 23.7 Å². The molecule has 5 nitrogen and oxygen atoms in total. The zero-order valence-electron chi connectivity index (χ0n) is 14.4. The highest BCUT2D eigenvalue weighted by atomic mass is 16.5. The molecule has 1 saturated heterocycles. The molecule has 2 aromatic rings. The summed E-state index contributed by atoms with van der Waals surface area (Å²) in [6, 6.07) is 15.2. The van der Waals surface area contributed by atoms with E-state index in [4.69, 9.17) is 4.74 Å². The van der Waals surface area contributed by atoms with E-state index < -0.39 is 5.97 Å². The number of fused-ring (bicyclic) bond motifs is 5. The fraction of sp³-hybridized carbons (Fsp3) is 0.227. The number of allylic oxidation sites excluding steroid dienone is 2. The Morgan fingerprint density at radius 1 is 0.852 bits per heavy atom. The van der Waals surface area contributed by atoms with Gasteiger partial charge in [-0.05, 0) is 54.7 Å². The van der Waals surface area contributed by atoms with Gasteiger partial charge < -0.3 is 4.74 Å². The molecule has 1 heterocycles. The fourth-order valence-electron chi connectivity index (χ4n) is 4.56. The standard InChI is InChI=1S/C22H17NO4/c24-20-18-14-6-7-15(12-14)19(18)21(25)23(20)16-8-10-17(11-9-16)27-22(26)13-4-2-1-3-5-13/h1-11,14-15,18-19H,12H2/t14-,15-,18+,19+/m0/s1. The average molecular weight is 359 g/mol. The van der Waals surface area contributed by atoms with Crippen molar-refractivity contribution in [3.63, 3.8) is 0 Å². The number of imide groups is 1. The van der Waals surface area contributed by atoms with Gasteiger partial charge in [-0.3, -0.25) is 14.5 Å². The van der Waals surface area contributed by atoms with E-state index in [2.05, 4.69) is 12.2 Å². The number of ether oxygens (including phenoxy) is 1. The third kappa shape index (κ3) is 2.42. The molecule has 2 amide bonds. The number of amides is 2. The summed E-state index contributed by atoms with van der Waals surface area (Å²) in [6.45, 7) is 0. The molecule has 1 saturated carbocycles. The van der Waals surface area contributed by atoms with E-state index in [0.717, 1.165) is 6.42 Å². The maximum atomic E-state index is 12.8. The quantitative estimate of drug-likeness (QED) is 0.365. The molecule has 2 aromatic carbocycles. The molecule has 2 fully saturated rings. The van der Waals surface area contributed by atoms with E-state index >= 15 is 0 Å². The van der Waals surface area contributed by atoms with Crippen molar-refractivity contribution in [1.82, 2.24) is 0 Å². The molecule has 0 radical (unpaired) electrons. The first-order valence-electron chi connectivity index (χ1n) is 9.07. The van der Waals surface area contributed by atoms with Gasteiger partial charge in [-0.15, -0.1) is 0 Å². The third-order valence-corrected chi connectivity index (χ3v) is 5.79. The predicted molar refractivity (Wildman–Crippen MR) is 98.1 cm³/mol. The first-order valence-corrected chi connectivity index (χ1v) is 9.07. The summed E-state index contributed by atoms with van der Waals surface area (Å²) in [5.74, 6) is -0.375. The first kappa shape index (κ1) is 16.0. The van der Waals surface area contributed by atoms with Crippen molar-refractivity contribution in [2.75, 3.05) is 4.90 Å². The second-order valence-corrected chi connectivity index (χ2v) is 7.26. The Morgan fingerprint density at radius 3 is 2.04 bits per heavy atom. The SMILES string of the molecule is O=C(Oc1ccc(N2C(=O)[C@H]3[C@H](C2=O)[C@H]2C=C[C@H]3C2)cc1)c1ccccc1. The Labute approximate surface area is 156 Å². The summed E-state index contributed by atoms with van der Waals surface area (Å²) in [7, 11) is 0. The van der Waals surface area contributed by atoms with Crippen LogP contribution < -0.4 is 9.64 Å². The number of esters is 1. The van der Waals surface area contributed by atoms with E-state index in [1.165, 1.54) is 4.90 Å². The van der Waals surface area contributed by atoms with Crippen LogP contribution in [0.1, 0.15) is 16.8 Å². The van der Waals surface area contributed by atoms with Gasteiger partial charge in [0, 0.05) is 0 Å². The maximum absolute atomic E-state index is 12.8. The van der Waals surface area contributed by atoms with E-state index in [-0.39, 0.29) is 35.5 Å². The number of hydrogen-bond donors (Lipinski definition) is 0. The zero-order chi connectivity index (χ0) is 18.5. The van der Waals surface area contributed by atoms with Gasteiger partial charge in [-0.2, -0.15) is 0 Å². The van der Waals surface area contributed by atoms with Crippen molar-refractivity contribution in [3.05, 3.63) is 72.3 Å². The van der Waals surface area contributed by atoms with Crippen LogP contribution in [0.2, 0.25) is 0 Å². The molecular formula is C22H17NO4. The van der Waals surface area contributed by atoms with Gasteiger partial charge in [-0.25, -0.2) is 4.79 Å². The highest BCUT2D eigenvalue weighted by Crippen LogP contribution is 2.53. The summed E-state index contributed by atoms with van der Waals surface area (Å²) >= 11 is 0. The number of nitrogens with zero attached hydrogens (tertiary/aromatic N) is 1. The lowest BCUT2D eigenvalue weighted by molar-refractivity contribution is -0.123. The molecule has 27 heavy (non-hydrogen) atoms. The Morgan fingerprint density at radius 2 is 1.44 bits per heavy atom. The van der Waals surface area contributed by atoms with Crippen LogP contribution in [-0.2, 0) is 9.59 Å². The molecule has 2 bridgehead atoms. The van der Waals surface area contributed by atoms with Crippen molar-refractivity contribution < 1.29 is 19.1 Å². The Kier molecular flexibility index (Phi) is 3.50. The average Bonchev–Trinajstić information content (AvgIpc) is 3.37. The Balaban J connectivity index is 1.35. The molecule has 3 aliphatic rings. The molecule has 0 spiro atoms. The summed E-state index contributed by atoms with van der Waals surface area (Å²) in [4.78, 5) is 39.1. The monoisotopic (exact) mass is 359 g/mol. The van der Waals surface area contributed by atoms with E-state index in [1.807, 2.05) is 6.07 Å². The van der Waals surface area contributed by atoms with Gasteiger partial charge in [0.05, 0.1) is 23.1 Å². The topological polar surface area (TPSA) is 63.7 Å². The minimum absolute atomic E-state index is 0.115. The summed E-state index contributed by atoms with van der Waals surface area (Å²) in [5.41, 5.74) is 0.987. The number of carbonyl (C=O) groups excluding carboxylic acids is 3. The van der Waals surface area contributed by atoms with Gasteiger partial charge in [0.1, 0.15) is 5.75 Å². The smallest absolute Gasteiger partial charge is 0.343 e. The molecule has 5 heteroatoms. The minimum Gasteiger partial charge on any atom is -0.423 e. The van der Waals surface area contributed by atoms with Crippen LogP contribution in [-0.4, -0.2) is 17.8 Å². The van der Waals surface area contributed by atoms with Gasteiger partial charge >= 0.3 is 5.97 Å². The normalized spacial score (nSPS) is 27.9. The number of rotatable bonds is 3. The summed E-state index contributed by atoms with van der Waals surface area (Å²) in [6.07, 6.45) is 5.06. The lowest BCUT2D eigenvalue weighted by atomic mass is 9.85. The van der Waals surface area contributed by atoms with Crippen LogP contribution in [0.5, 0.6) is 5.75 Å². The molecule has 0 aromatic heterocycles. The van der Waals surface area contributed by atoms with E-state index in [1.54, 1.807) is 48.5 Å². The maximum Gasteiger partial charge on any atom is 0.343 e. The lowest BCUT2D eigenvalue weighted by Crippen LogP contribution is -2.32. The van der Waals surface area contributed by atoms with Crippen molar-refractivity contribution in [1.29, 1.82) is 0 Å². The molecule has 0 N–H and O–H groups in total. The number of hydrogen-bond acceptors (Lipinski definition) is 4. The second-order valence-electron chi connectivity index (χ2n) is 7.26. The van der Waals surface area contributed by atoms with Crippen LogP contribution in [0, 0.1) is 23.7 Å². The number of anilines is 1. The van der Waals surface area contributed by atoms with Crippen LogP contribution >= 0.6 is 0 Å². The molecule has 1 aliphatic heterocycles. The minimum atomic E-state index is -0.450. The number of benzene rings is 2. The van der Waals surface area contributed by atoms with Crippen LogP contribution in [0.4, 0.5) is 5.69 Å². The third-order valence-electron chi connectivity index (χ3n) is 5.79. The molecule has 0 unspecified atom stereocenters. The van der Waals surface area contributed by atoms with Gasteiger partial charge in [0.25, 0.3) is 0 Å². The van der Waals surface area contributed by atoms with Gasteiger partial charge in [0.2, 0.25) is 11.8 Å². The van der Waals surface area contributed by atoms with Gasteiger partial charge in [0.15, 0.2) is 0 Å². The summed E-state index contributed by atoms with van der Waals surface area (Å²) < 4.78 is 5.35. The second kappa shape index (κ2) is 5.91. The zero-order valence-corrected chi connectivity index (χ0v) is 14.4. The molecule has 4 atom stereocenters. The fourth-order valence-corrected chi connectivity index (χ4v) is 4.56. The van der Waals surface area contributed by atoms with Crippen LogP contribution in [0.3, 0.4) is 0 Å². The highest BCUT2D eigenvalue weighted by Gasteiger charge is 2.59. The predicted octanol–water partition coefficient (Wildman–Crippen LogP) is 3.22. The Hall–Kier alpha value is -3.21. The van der Waals surface area contributed by atoms with Crippen LogP contribution in [0.15, 0.2) is 66.7 Å². The van der Waals surface area contributed by atoms with E-state index in [9.17, 15) is 14.4 Å². The van der Waals surface area contributed by atoms with Crippen molar-refractivity contribution in [2.45, 2.75) is 6.42 Å². The largest absolute Gasteiger partial charge is 0.423 e. The highest BCUT2D eigenvalue weighted by molar-refractivity contribution is 6.22. The first-order chi connectivity index (χ1) is 13.1. The van der Waals surface area contributed by atoms with E-state index in [0.29, 0.717) is 17.0 Å². The summed E-state index contributed by atoms with van der Waals surface area (Å²) in [5, 5.41) is 0. The number of carbonyl (C=O) groups is 3. The molecular weight excluding hydrogens is 342 g/mol. The molecule has 5 rings (SSSR count). The van der Waals surface area contributed by atoms with Crippen LogP contribution in [0.25, 0.3) is 0 Å². The molecule has 134 valence electrons. The molecule has 2 aliphatic carbocycles. The Bertz CT molecular complexity index is 934.